The summed E-state index contributed by atoms with van der Waals surface area (Å²) in [6, 6.07) is 11.8. The van der Waals surface area contributed by atoms with Gasteiger partial charge in [0.25, 0.3) is 0 Å². The van der Waals surface area contributed by atoms with Gasteiger partial charge in [0.1, 0.15) is 17.2 Å². The van der Waals surface area contributed by atoms with Crippen LogP contribution < -0.4 is 0 Å². The van der Waals surface area contributed by atoms with Gasteiger partial charge in [0.05, 0.1) is 17.3 Å². The number of fused-ring (bicyclic) bond motifs is 8. The van der Waals surface area contributed by atoms with Crippen molar-refractivity contribution >= 4 is 32.8 Å². The largest absolute Gasteiger partial charge is 0.508 e. The van der Waals surface area contributed by atoms with Gasteiger partial charge in [-0.1, -0.05) is 38.1 Å². The topological polar surface area (TPSA) is 62.1 Å². The van der Waals surface area contributed by atoms with Crippen LogP contribution >= 0.6 is 0 Å². The molecule has 0 radical (unpaired) electrons. The zero-order valence-electron chi connectivity index (χ0n) is 17.5. The third kappa shape index (κ3) is 2.30. The van der Waals surface area contributed by atoms with E-state index in [2.05, 4.69) is 37.9 Å². The van der Waals surface area contributed by atoms with Crippen LogP contribution in [0.25, 0.3) is 44.2 Å². The first-order valence-corrected chi connectivity index (χ1v) is 10.6. The summed E-state index contributed by atoms with van der Waals surface area (Å²) in [4.78, 5) is 8.62. The number of aromatic amines is 1. The highest BCUT2D eigenvalue weighted by Gasteiger charge is 2.30. The summed E-state index contributed by atoms with van der Waals surface area (Å²) in [6.45, 7) is 6.76. The Labute approximate surface area is 174 Å². The third-order valence-electron chi connectivity index (χ3n) is 6.80. The lowest BCUT2D eigenvalue weighted by Crippen LogP contribution is -2.23. The number of rotatable bonds is 1. The summed E-state index contributed by atoms with van der Waals surface area (Å²) in [5.74, 6) is 1.00. The molecule has 0 fully saturated rings. The van der Waals surface area contributed by atoms with Gasteiger partial charge in [-0.3, -0.25) is 0 Å². The molecule has 0 saturated heterocycles. The minimum Gasteiger partial charge on any atom is -0.508 e. The molecule has 2 aromatic heterocycles. The maximum atomic E-state index is 9.96. The van der Waals surface area contributed by atoms with Gasteiger partial charge in [0, 0.05) is 21.7 Å². The standard InChI is InChI=1S/C26H24N2O2/c1-14-13-30-24-18-9-10-19-17(8-5-11-26(19,2)3)21(18)23-22(20(14)24)27-25(28-23)15-6-4-7-16(29)12-15/h4,6-7,9-10,12-13,29H,5,8,11H2,1-3H3,(H,27,28). The minimum absolute atomic E-state index is 0.159. The molecule has 0 bridgehead atoms. The number of phenolic OH excluding ortho intramolecular Hbond substituents is 1. The van der Waals surface area contributed by atoms with Crippen molar-refractivity contribution in [3.05, 3.63) is 59.4 Å². The maximum absolute atomic E-state index is 9.96. The van der Waals surface area contributed by atoms with Gasteiger partial charge < -0.3 is 14.5 Å². The van der Waals surface area contributed by atoms with Crippen molar-refractivity contribution in [1.29, 1.82) is 0 Å². The molecule has 2 heterocycles. The van der Waals surface area contributed by atoms with E-state index in [0.29, 0.717) is 0 Å². The van der Waals surface area contributed by atoms with E-state index in [-0.39, 0.29) is 11.2 Å². The lowest BCUT2D eigenvalue weighted by atomic mass is 9.71. The molecule has 0 saturated carbocycles. The number of nitrogens with one attached hydrogen (secondary N) is 1. The first-order valence-electron chi connectivity index (χ1n) is 10.6. The molecule has 30 heavy (non-hydrogen) atoms. The Morgan fingerprint density at radius 2 is 2.00 bits per heavy atom. The highest BCUT2D eigenvalue weighted by atomic mass is 16.3. The molecule has 2 N–H and O–H groups in total. The average Bonchev–Trinajstić information content (AvgIpc) is 3.31. The lowest BCUT2D eigenvalue weighted by molar-refractivity contribution is 0.433. The molecule has 6 rings (SSSR count). The molecule has 4 heteroatoms. The summed E-state index contributed by atoms with van der Waals surface area (Å²) in [5, 5.41) is 13.4. The molecule has 4 nitrogen and oxygen atoms in total. The number of aromatic hydroxyl groups is 1. The maximum Gasteiger partial charge on any atom is 0.144 e. The predicted octanol–water partition coefficient (Wildman–Crippen LogP) is 6.76. The van der Waals surface area contributed by atoms with Gasteiger partial charge in [-0.25, -0.2) is 4.98 Å². The normalized spacial score (nSPS) is 15.8. The van der Waals surface area contributed by atoms with Crippen LogP contribution in [0.5, 0.6) is 5.75 Å². The second-order valence-corrected chi connectivity index (χ2v) is 9.23. The first-order chi connectivity index (χ1) is 14.4. The summed E-state index contributed by atoms with van der Waals surface area (Å²) in [7, 11) is 0. The van der Waals surface area contributed by atoms with Crippen LogP contribution in [-0.2, 0) is 11.8 Å². The van der Waals surface area contributed by atoms with Gasteiger partial charge in [0.2, 0.25) is 0 Å². The quantitative estimate of drug-likeness (QED) is 0.329. The number of benzene rings is 3. The van der Waals surface area contributed by atoms with Crippen LogP contribution in [-0.4, -0.2) is 15.1 Å². The Morgan fingerprint density at radius 1 is 1.13 bits per heavy atom. The van der Waals surface area contributed by atoms with Gasteiger partial charge in [-0.15, -0.1) is 0 Å². The van der Waals surface area contributed by atoms with Crippen molar-refractivity contribution in [3.8, 4) is 17.1 Å². The van der Waals surface area contributed by atoms with E-state index in [1.165, 1.54) is 29.4 Å². The number of imidazole rings is 1. The molecule has 5 aromatic rings. The Morgan fingerprint density at radius 3 is 2.83 bits per heavy atom. The molecular formula is C26H24N2O2. The summed E-state index contributed by atoms with van der Waals surface area (Å²) < 4.78 is 6.06. The van der Waals surface area contributed by atoms with Crippen LogP contribution in [0.3, 0.4) is 0 Å². The number of phenols is 1. The van der Waals surface area contributed by atoms with Crippen LogP contribution in [0.1, 0.15) is 43.4 Å². The van der Waals surface area contributed by atoms with Gasteiger partial charge >= 0.3 is 0 Å². The van der Waals surface area contributed by atoms with Crippen molar-refractivity contribution in [2.45, 2.75) is 45.4 Å². The number of hydrogen-bond acceptors (Lipinski definition) is 3. The summed E-state index contributed by atoms with van der Waals surface area (Å²) in [5.41, 5.74) is 7.89. The van der Waals surface area contributed by atoms with Crippen LogP contribution in [0.15, 0.2) is 47.1 Å². The van der Waals surface area contributed by atoms with E-state index in [0.717, 1.165) is 50.8 Å². The molecule has 1 aliphatic rings. The van der Waals surface area contributed by atoms with Gasteiger partial charge in [-0.2, -0.15) is 0 Å². The number of furan rings is 1. The van der Waals surface area contributed by atoms with Crippen molar-refractivity contribution in [2.75, 3.05) is 0 Å². The SMILES string of the molecule is Cc1coc2c3ccc4c(c3c3nc(-c5cccc(O)c5)[nH]c3c12)CCCC4(C)C. The van der Waals surface area contributed by atoms with Crippen LogP contribution in [0.2, 0.25) is 0 Å². The fourth-order valence-corrected chi connectivity index (χ4v) is 5.32. The molecule has 150 valence electrons. The van der Waals surface area contributed by atoms with Crippen molar-refractivity contribution in [3.63, 3.8) is 0 Å². The number of nitrogens with zero attached hydrogens (tertiary/aromatic N) is 1. The van der Waals surface area contributed by atoms with Gasteiger partial charge in [0.15, 0.2) is 0 Å². The second kappa shape index (κ2) is 5.88. The fraction of sp³-hybridized carbons (Fsp3) is 0.269. The average molecular weight is 396 g/mol. The van der Waals surface area contributed by atoms with Crippen molar-refractivity contribution < 1.29 is 9.52 Å². The summed E-state index contributed by atoms with van der Waals surface area (Å²) >= 11 is 0. The second-order valence-electron chi connectivity index (χ2n) is 9.23. The van der Waals surface area contributed by atoms with Crippen LogP contribution in [0.4, 0.5) is 0 Å². The molecular weight excluding hydrogens is 372 g/mol. The smallest absolute Gasteiger partial charge is 0.144 e. The van der Waals surface area contributed by atoms with E-state index < -0.39 is 0 Å². The minimum atomic E-state index is 0.159. The molecule has 0 amide bonds. The Bertz CT molecular complexity index is 1470. The molecule has 0 spiro atoms. The van der Waals surface area contributed by atoms with E-state index >= 15 is 0 Å². The van der Waals surface area contributed by atoms with Gasteiger partial charge in [-0.05, 0) is 60.4 Å². The number of aromatic nitrogens is 2. The fourth-order valence-electron chi connectivity index (χ4n) is 5.32. The highest BCUT2D eigenvalue weighted by Crippen LogP contribution is 2.45. The third-order valence-corrected chi connectivity index (χ3v) is 6.80. The van der Waals surface area contributed by atoms with E-state index in [1.54, 1.807) is 12.1 Å². The molecule has 1 aliphatic carbocycles. The number of H-pyrrole nitrogens is 1. The molecule has 0 unspecified atom stereocenters. The number of aryl methyl sites for hydroxylation is 2. The monoisotopic (exact) mass is 396 g/mol. The predicted molar refractivity (Wildman–Crippen MR) is 121 cm³/mol. The molecule has 0 atom stereocenters. The molecule has 0 aliphatic heterocycles. The van der Waals surface area contributed by atoms with E-state index in [9.17, 15) is 5.11 Å². The van der Waals surface area contributed by atoms with Crippen LogP contribution in [0, 0.1) is 6.92 Å². The Kier molecular flexibility index (Phi) is 3.45. The Hall–Kier alpha value is -3.27. The van der Waals surface area contributed by atoms with E-state index in [4.69, 9.17) is 9.40 Å². The zero-order valence-corrected chi connectivity index (χ0v) is 17.5. The molecule has 3 aromatic carbocycles. The highest BCUT2D eigenvalue weighted by molar-refractivity contribution is 6.23. The van der Waals surface area contributed by atoms with Crippen molar-refractivity contribution in [1.82, 2.24) is 9.97 Å². The Balaban J connectivity index is 1.80. The van der Waals surface area contributed by atoms with E-state index in [1.807, 2.05) is 18.4 Å². The number of hydrogen-bond donors (Lipinski definition) is 2. The zero-order chi connectivity index (χ0) is 20.6. The lowest BCUT2D eigenvalue weighted by Gasteiger charge is -2.33. The summed E-state index contributed by atoms with van der Waals surface area (Å²) in [6.07, 6.45) is 5.28. The first kappa shape index (κ1) is 17.6. The van der Waals surface area contributed by atoms with Crippen molar-refractivity contribution in [2.24, 2.45) is 0 Å².